The van der Waals surface area contributed by atoms with Gasteiger partial charge < -0.3 is 15.3 Å². The van der Waals surface area contributed by atoms with Crippen LogP contribution >= 0.6 is 0 Å². The van der Waals surface area contributed by atoms with Gasteiger partial charge in [0.1, 0.15) is 0 Å². The molecule has 2 N–H and O–H groups in total. The number of hydrogen-bond acceptors (Lipinski definition) is 4. The molecule has 0 aromatic heterocycles. The number of nitrogens with zero attached hydrogens (tertiary/aromatic N) is 1. The van der Waals surface area contributed by atoms with E-state index in [2.05, 4.69) is 5.43 Å². The molecule has 0 radical (unpaired) electrons. The van der Waals surface area contributed by atoms with E-state index >= 15 is 0 Å². The van der Waals surface area contributed by atoms with Crippen molar-refractivity contribution >= 4 is 11.7 Å². The first-order chi connectivity index (χ1) is 9.38. The molecular weight excluding hydrogens is 277 g/mol. The third kappa shape index (κ3) is 3.40. The van der Waals surface area contributed by atoms with Crippen molar-refractivity contribution in [3.8, 4) is 0 Å². The van der Waals surface area contributed by atoms with Crippen LogP contribution in [0.25, 0.3) is 0 Å². The minimum atomic E-state index is -4.57. The van der Waals surface area contributed by atoms with Crippen LogP contribution in [0.1, 0.15) is 15.9 Å². The van der Waals surface area contributed by atoms with E-state index in [1.165, 1.54) is 0 Å². The van der Waals surface area contributed by atoms with Crippen LogP contribution in [0, 0.1) is 0 Å². The normalized spacial score (nSPS) is 16.9. The van der Waals surface area contributed by atoms with Crippen molar-refractivity contribution in [3.63, 3.8) is 0 Å². The highest BCUT2D eigenvalue weighted by Crippen LogP contribution is 2.32. The van der Waals surface area contributed by atoms with Crippen molar-refractivity contribution in [1.82, 2.24) is 5.01 Å². The number of aromatic carboxylic acids is 1. The third-order valence-electron chi connectivity index (χ3n) is 2.87. The van der Waals surface area contributed by atoms with Crippen LogP contribution in [0.4, 0.5) is 18.9 Å². The number of ether oxygens (including phenoxy) is 1. The van der Waals surface area contributed by atoms with Gasteiger partial charge in [-0.05, 0) is 18.2 Å². The Bertz CT molecular complexity index is 499. The third-order valence-corrected chi connectivity index (χ3v) is 2.87. The van der Waals surface area contributed by atoms with Crippen molar-refractivity contribution < 1.29 is 27.8 Å². The zero-order chi connectivity index (χ0) is 14.8. The van der Waals surface area contributed by atoms with Gasteiger partial charge in [0.05, 0.1) is 30.0 Å². The Morgan fingerprint density at radius 2 is 1.95 bits per heavy atom. The molecule has 1 heterocycles. The topological polar surface area (TPSA) is 61.8 Å². The minimum absolute atomic E-state index is 0.132. The average Bonchev–Trinajstić information content (AvgIpc) is 2.38. The van der Waals surface area contributed by atoms with Crippen molar-refractivity contribution in [1.29, 1.82) is 0 Å². The molecule has 1 aliphatic rings. The van der Waals surface area contributed by atoms with Gasteiger partial charge in [-0.1, -0.05) is 0 Å². The lowest BCUT2D eigenvalue weighted by molar-refractivity contribution is -0.137. The number of carboxylic acids is 1. The zero-order valence-electron chi connectivity index (χ0n) is 10.4. The number of morpholine rings is 1. The van der Waals surface area contributed by atoms with E-state index in [9.17, 15) is 18.0 Å². The molecule has 1 saturated heterocycles. The molecule has 1 aromatic carbocycles. The van der Waals surface area contributed by atoms with Crippen LogP contribution in [-0.2, 0) is 10.9 Å². The Labute approximate surface area is 112 Å². The van der Waals surface area contributed by atoms with E-state index in [4.69, 9.17) is 9.84 Å². The van der Waals surface area contributed by atoms with E-state index in [0.717, 1.165) is 12.1 Å². The van der Waals surface area contributed by atoms with Crippen LogP contribution in [0.2, 0.25) is 0 Å². The van der Waals surface area contributed by atoms with E-state index in [-0.39, 0.29) is 5.69 Å². The quantitative estimate of drug-likeness (QED) is 0.892. The van der Waals surface area contributed by atoms with Gasteiger partial charge in [0.25, 0.3) is 0 Å². The summed E-state index contributed by atoms with van der Waals surface area (Å²) >= 11 is 0. The summed E-state index contributed by atoms with van der Waals surface area (Å²) in [6, 6.07) is 2.61. The minimum Gasteiger partial charge on any atom is -0.478 e. The first-order valence-electron chi connectivity index (χ1n) is 5.92. The first kappa shape index (κ1) is 14.6. The number of carbonyl (C=O) groups is 1. The highest BCUT2D eigenvalue weighted by atomic mass is 19.4. The van der Waals surface area contributed by atoms with Crippen LogP contribution in [-0.4, -0.2) is 42.4 Å². The van der Waals surface area contributed by atoms with Crippen molar-refractivity contribution in [2.24, 2.45) is 0 Å². The molecule has 2 rings (SSSR count). The summed E-state index contributed by atoms with van der Waals surface area (Å²) in [6.07, 6.45) is -4.57. The Morgan fingerprint density at radius 3 is 2.50 bits per heavy atom. The largest absolute Gasteiger partial charge is 0.478 e. The van der Waals surface area contributed by atoms with Gasteiger partial charge in [0.15, 0.2) is 0 Å². The molecule has 5 nitrogen and oxygen atoms in total. The second-order valence-corrected chi connectivity index (χ2v) is 4.27. The number of carboxylic acid groups (broad SMARTS) is 1. The SMILES string of the molecule is O=C(O)c1cc(C(F)(F)F)ccc1NN1CCOCC1. The van der Waals surface area contributed by atoms with Crippen LogP contribution in [0.15, 0.2) is 18.2 Å². The van der Waals surface area contributed by atoms with E-state index in [1.54, 1.807) is 5.01 Å². The van der Waals surface area contributed by atoms with Crippen molar-refractivity contribution in [3.05, 3.63) is 29.3 Å². The lowest BCUT2D eigenvalue weighted by Crippen LogP contribution is -2.40. The van der Waals surface area contributed by atoms with Crippen LogP contribution in [0.5, 0.6) is 0 Å². The monoisotopic (exact) mass is 290 g/mol. The Balaban J connectivity index is 2.25. The standard InChI is InChI=1S/C12H13F3N2O3/c13-12(14,15)8-1-2-10(9(7-8)11(18)19)16-17-3-5-20-6-4-17/h1-2,7,16H,3-6H2,(H,18,19). The Kier molecular flexibility index (Phi) is 4.15. The molecule has 0 atom stereocenters. The molecule has 0 aliphatic carbocycles. The number of nitrogens with one attached hydrogen (secondary N) is 1. The summed E-state index contributed by atoms with van der Waals surface area (Å²) < 4.78 is 42.9. The second kappa shape index (κ2) is 5.68. The van der Waals surface area contributed by atoms with Gasteiger partial charge >= 0.3 is 12.1 Å². The van der Waals surface area contributed by atoms with Crippen molar-refractivity contribution in [2.45, 2.75) is 6.18 Å². The summed E-state index contributed by atoms with van der Waals surface area (Å²) in [5.41, 5.74) is 1.55. The highest BCUT2D eigenvalue weighted by Gasteiger charge is 2.32. The molecule has 0 unspecified atom stereocenters. The first-order valence-corrected chi connectivity index (χ1v) is 5.92. The molecule has 0 bridgehead atoms. The molecule has 20 heavy (non-hydrogen) atoms. The fourth-order valence-electron chi connectivity index (χ4n) is 1.84. The zero-order valence-corrected chi connectivity index (χ0v) is 10.4. The van der Waals surface area contributed by atoms with Gasteiger partial charge in [-0.15, -0.1) is 0 Å². The predicted molar refractivity (Wildman–Crippen MR) is 64.4 cm³/mol. The number of hydrogen-bond donors (Lipinski definition) is 2. The molecule has 8 heteroatoms. The van der Waals surface area contributed by atoms with Gasteiger partial charge in [-0.3, -0.25) is 0 Å². The maximum Gasteiger partial charge on any atom is 0.416 e. The van der Waals surface area contributed by atoms with Crippen LogP contribution in [0.3, 0.4) is 0 Å². The highest BCUT2D eigenvalue weighted by molar-refractivity contribution is 5.94. The van der Waals surface area contributed by atoms with E-state index < -0.39 is 23.3 Å². The molecule has 0 amide bonds. The summed E-state index contributed by atoms with van der Waals surface area (Å²) in [5, 5.41) is 10.7. The summed E-state index contributed by atoms with van der Waals surface area (Å²) in [6.45, 7) is 2.02. The second-order valence-electron chi connectivity index (χ2n) is 4.27. The summed E-state index contributed by atoms with van der Waals surface area (Å²) in [7, 11) is 0. The summed E-state index contributed by atoms with van der Waals surface area (Å²) in [4.78, 5) is 11.1. The number of alkyl halides is 3. The van der Waals surface area contributed by atoms with Gasteiger partial charge in [-0.2, -0.15) is 13.2 Å². The lowest BCUT2D eigenvalue weighted by Gasteiger charge is -2.28. The fourth-order valence-corrected chi connectivity index (χ4v) is 1.84. The van der Waals surface area contributed by atoms with Gasteiger partial charge in [-0.25, -0.2) is 9.80 Å². The number of hydrazine groups is 1. The fraction of sp³-hybridized carbons (Fsp3) is 0.417. The van der Waals surface area contributed by atoms with Gasteiger partial charge in [0, 0.05) is 13.1 Å². The molecule has 110 valence electrons. The van der Waals surface area contributed by atoms with Crippen molar-refractivity contribution in [2.75, 3.05) is 31.7 Å². The smallest absolute Gasteiger partial charge is 0.416 e. The summed E-state index contributed by atoms with van der Waals surface area (Å²) in [5.74, 6) is -1.41. The number of anilines is 1. The lowest BCUT2D eigenvalue weighted by atomic mass is 10.1. The van der Waals surface area contributed by atoms with E-state index in [0.29, 0.717) is 32.4 Å². The number of rotatable bonds is 3. The Morgan fingerprint density at radius 1 is 1.30 bits per heavy atom. The number of benzene rings is 1. The maximum absolute atomic E-state index is 12.6. The Hall–Kier alpha value is -1.80. The molecule has 1 fully saturated rings. The average molecular weight is 290 g/mol. The maximum atomic E-state index is 12.6. The van der Waals surface area contributed by atoms with E-state index in [1.807, 2.05) is 0 Å². The predicted octanol–water partition coefficient (Wildman–Crippen LogP) is 2.06. The molecule has 0 saturated carbocycles. The molecule has 1 aromatic rings. The van der Waals surface area contributed by atoms with Crippen LogP contribution < -0.4 is 5.43 Å². The molecular formula is C12H13F3N2O3. The molecule has 0 spiro atoms. The number of halogens is 3. The molecule has 1 aliphatic heterocycles. The van der Waals surface area contributed by atoms with Gasteiger partial charge in [0.2, 0.25) is 0 Å².